The molecule has 0 radical (unpaired) electrons. The average Bonchev–Trinajstić information content (AvgIpc) is 3.39. The standard InChI is InChI=1S/C32H46F2N6O6/c1-20(46-16-21-4-6-32(33,34)7-5-21)25(29(44)38-8-10-45-11-9-38)37-26(41)24-15-39(27(42)22-13-35-36-14-22)17-31(24)18-40(19-31)28(43)23-12-30(23,2)3/h13-14,20-21,23-25H,4-12,15-19H2,1-3H3,(H,35,36)(H,37,41)/t20-,23-,24?,25+/m1/s1. The van der Waals surface area contributed by atoms with E-state index in [1.165, 1.54) is 12.4 Å². The topological polar surface area (TPSA) is 137 Å². The molecule has 4 atom stereocenters. The Hall–Kier alpha value is -3.13. The first-order valence-corrected chi connectivity index (χ1v) is 16.5. The molecule has 1 aromatic rings. The van der Waals surface area contributed by atoms with Gasteiger partial charge in [0, 0.05) is 76.2 Å². The largest absolute Gasteiger partial charge is 0.378 e. The molecule has 46 heavy (non-hydrogen) atoms. The summed E-state index contributed by atoms with van der Waals surface area (Å²) in [5, 5.41) is 9.53. The van der Waals surface area contributed by atoms with Gasteiger partial charge in [-0.3, -0.25) is 24.3 Å². The van der Waals surface area contributed by atoms with Crippen LogP contribution in [0, 0.1) is 28.6 Å². The first-order chi connectivity index (χ1) is 21.8. The number of amides is 4. The highest BCUT2D eigenvalue weighted by Crippen LogP contribution is 2.54. The SMILES string of the molecule is C[C@@H](OCC1CCC(F)(F)CC1)[C@H](NC(=O)C1CN(C(=O)c2cn[nH]c2)CC12CN(C(=O)[C@H]1CC1(C)C)C2)C(=O)N1CCOCC1. The van der Waals surface area contributed by atoms with Crippen LogP contribution in [0.5, 0.6) is 0 Å². The summed E-state index contributed by atoms with van der Waals surface area (Å²) in [5.41, 5.74) is -0.300. The normalized spacial score (nSPS) is 28.0. The van der Waals surface area contributed by atoms with Crippen molar-refractivity contribution in [1.82, 2.24) is 30.2 Å². The van der Waals surface area contributed by atoms with E-state index in [1.807, 2.05) is 0 Å². The Kier molecular flexibility index (Phi) is 8.90. The van der Waals surface area contributed by atoms with E-state index in [1.54, 1.807) is 21.6 Å². The van der Waals surface area contributed by atoms with Crippen LogP contribution in [0.25, 0.3) is 0 Å². The van der Waals surface area contributed by atoms with Crippen molar-refractivity contribution < 1.29 is 37.4 Å². The van der Waals surface area contributed by atoms with Crippen molar-refractivity contribution in [3.05, 3.63) is 18.0 Å². The van der Waals surface area contributed by atoms with E-state index in [2.05, 4.69) is 29.4 Å². The number of H-pyrrole nitrogens is 1. The molecule has 5 fully saturated rings. The van der Waals surface area contributed by atoms with Crippen molar-refractivity contribution in [1.29, 1.82) is 0 Å². The van der Waals surface area contributed by atoms with Crippen molar-refractivity contribution in [2.45, 2.75) is 70.9 Å². The van der Waals surface area contributed by atoms with E-state index >= 15 is 0 Å². The molecular formula is C32H46F2N6O6. The molecule has 1 unspecified atom stereocenters. The summed E-state index contributed by atoms with van der Waals surface area (Å²) in [6.45, 7) is 8.75. The highest BCUT2D eigenvalue weighted by atomic mass is 19.3. The number of halogens is 2. The Morgan fingerprint density at radius 2 is 1.72 bits per heavy atom. The summed E-state index contributed by atoms with van der Waals surface area (Å²) in [6.07, 6.45) is 3.38. The van der Waals surface area contributed by atoms with Crippen LogP contribution < -0.4 is 5.32 Å². The van der Waals surface area contributed by atoms with E-state index < -0.39 is 29.4 Å². The maximum atomic E-state index is 14.2. The average molecular weight is 649 g/mol. The van der Waals surface area contributed by atoms with Gasteiger partial charge in [0.05, 0.1) is 37.0 Å². The predicted octanol–water partition coefficient (Wildman–Crippen LogP) is 1.93. The number of ether oxygens (including phenoxy) is 2. The fraction of sp³-hybridized carbons (Fsp3) is 0.781. The molecule has 2 saturated carbocycles. The molecule has 3 saturated heterocycles. The minimum atomic E-state index is -2.65. The Morgan fingerprint density at radius 3 is 2.33 bits per heavy atom. The Bertz CT molecular complexity index is 1300. The lowest BCUT2D eigenvalue weighted by atomic mass is 9.70. The molecule has 4 heterocycles. The van der Waals surface area contributed by atoms with Crippen LogP contribution in [-0.4, -0.2) is 126 Å². The summed E-state index contributed by atoms with van der Waals surface area (Å²) >= 11 is 0. The molecule has 0 aromatic carbocycles. The van der Waals surface area contributed by atoms with Gasteiger partial charge in [0.25, 0.3) is 5.91 Å². The Morgan fingerprint density at radius 1 is 1.07 bits per heavy atom. The highest BCUT2D eigenvalue weighted by molar-refractivity contribution is 5.95. The lowest BCUT2D eigenvalue weighted by Crippen LogP contribution is -2.65. The molecule has 0 bridgehead atoms. The molecule has 2 aliphatic carbocycles. The molecular weight excluding hydrogens is 602 g/mol. The summed E-state index contributed by atoms with van der Waals surface area (Å²) < 4.78 is 39.0. The lowest BCUT2D eigenvalue weighted by Gasteiger charge is -2.50. The monoisotopic (exact) mass is 648 g/mol. The first-order valence-electron chi connectivity index (χ1n) is 16.5. The zero-order valence-corrected chi connectivity index (χ0v) is 26.9. The number of carbonyl (C=O) groups is 4. The Labute approximate surface area is 267 Å². The molecule has 6 rings (SSSR count). The highest BCUT2D eigenvalue weighted by Gasteiger charge is 2.62. The second-order valence-corrected chi connectivity index (χ2v) is 14.8. The smallest absolute Gasteiger partial charge is 0.257 e. The van der Waals surface area contributed by atoms with Crippen molar-refractivity contribution in [2.24, 2.45) is 28.6 Å². The van der Waals surface area contributed by atoms with Gasteiger partial charge in [-0.25, -0.2) is 8.78 Å². The quantitative estimate of drug-likeness (QED) is 0.418. The second-order valence-electron chi connectivity index (χ2n) is 14.8. The fourth-order valence-corrected chi connectivity index (χ4v) is 7.60. The van der Waals surface area contributed by atoms with E-state index in [-0.39, 0.29) is 66.9 Å². The molecule has 254 valence electrons. The van der Waals surface area contributed by atoms with Gasteiger partial charge in [-0.15, -0.1) is 0 Å². The number of carbonyl (C=O) groups excluding carboxylic acids is 4. The third-order valence-corrected chi connectivity index (χ3v) is 10.9. The third-order valence-electron chi connectivity index (χ3n) is 10.9. The van der Waals surface area contributed by atoms with Crippen LogP contribution in [0.15, 0.2) is 12.4 Å². The van der Waals surface area contributed by atoms with Crippen LogP contribution in [0.3, 0.4) is 0 Å². The number of nitrogens with zero attached hydrogens (tertiary/aromatic N) is 4. The lowest BCUT2D eigenvalue weighted by molar-refractivity contribution is -0.153. The number of rotatable bonds is 9. The van der Waals surface area contributed by atoms with Crippen molar-refractivity contribution in [3.63, 3.8) is 0 Å². The molecule has 1 spiro atoms. The van der Waals surface area contributed by atoms with Crippen molar-refractivity contribution in [3.8, 4) is 0 Å². The van der Waals surface area contributed by atoms with Gasteiger partial charge in [-0.05, 0) is 37.5 Å². The van der Waals surface area contributed by atoms with Gasteiger partial charge in [0.15, 0.2) is 0 Å². The van der Waals surface area contributed by atoms with Gasteiger partial charge >= 0.3 is 0 Å². The first kappa shape index (κ1) is 32.8. The minimum absolute atomic E-state index is 0.0305. The van der Waals surface area contributed by atoms with E-state index in [4.69, 9.17) is 9.47 Å². The van der Waals surface area contributed by atoms with E-state index in [9.17, 15) is 28.0 Å². The van der Waals surface area contributed by atoms with Crippen LogP contribution >= 0.6 is 0 Å². The van der Waals surface area contributed by atoms with Gasteiger partial charge in [-0.1, -0.05) is 13.8 Å². The number of hydrogen-bond acceptors (Lipinski definition) is 7. The summed E-state index contributed by atoms with van der Waals surface area (Å²) in [6, 6.07) is -1.02. The zero-order chi connectivity index (χ0) is 32.9. The molecule has 5 aliphatic rings. The van der Waals surface area contributed by atoms with Crippen LogP contribution in [0.2, 0.25) is 0 Å². The Balaban J connectivity index is 1.17. The summed E-state index contributed by atoms with van der Waals surface area (Å²) in [4.78, 5) is 59.7. The van der Waals surface area contributed by atoms with Crippen LogP contribution in [-0.2, 0) is 23.9 Å². The number of nitrogens with one attached hydrogen (secondary N) is 2. The number of alkyl halides is 2. The van der Waals surface area contributed by atoms with Crippen LogP contribution in [0.4, 0.5) is 8.78 Å². The minimum Gasteiger partial charge on any atom is -0.378 e. The number of aromatic amines is 1. The molecule has 3 aliphatic heterocycles. The zero-order valence-electron chi connectivity index (χ0n) is 26.9. The third kappa shape index (κ3) is 6.65. The van der Waals surface area contributed by atoms with Crippen molar-refractivity contribution >= 4 is 23.6 Å². The predicted molar refractivity (Wildman–Crippen MR) is 161 cm³/mol. The maximum absolute atomic E-state index is 14.2. The number of aromatic nitrogens is 2. The van der Waals surface area contributed by atoms with Crippen molar-refractivity contribution in [2.75, 3.05) is 59.1 Å². The molecule has 12 nitrogen and oxygen atoms in total. The summed E-state index contributed by atoms with van der Waals surface area (Å²) in [5.74, 6) is -4.23. The van der Waals surface area contributed by atoms with Gasteiger partial charge in [0.1, 0.15) is 6.04 Å². The summed E-state index contributed by atoms with van der Waals surface area (Å²) in [7, 11) is 0. The molecule has 2 N–H and O–H groups in total. The maximum Gasteiger partial charge on any atom is 0.257 e. The second kappa shape index (κ2) is 12.5. The molecule has 14 heteroatoms. The fourth-order valence-electron chi connectivity index (χ4n) is 7.60. The van der Waals surface area contributed by atoms with Gasteiger partial charge in [-0.2, -0.15) is 5.10 Å². The number of morpholine rings is 1. The number of hydrogen-bond donors (Lipinski definition) is 2. The molecule has 4 amide bonds. The van der Waals surface area contributed by atoms with E-state index in [0.717, 1.165) is 6.42 Å². The number of likely N-dealkylation sites (tertiary alicyclic amines) is 2. The van der Waals surface area contributed by atoms with E-state index in [0.29, 0.717) is 64.3 Å². The van der Waals surface area contributed by atoms with Crippen LogP contribution in [0.1, 0.15) is 63.2 Å². The van der Waals surface area contributed by atoms with Gasteiger partial charge < -0.3 is 29.5 Å². The molecule has 1 aromatic heterocycles. The van der Waals surface area contributed by atoms with Gasteiger partial charge in [0.2, 0.25) is 23.6 Å².